The Morgan fingerprint density at radius 2 is 2.04 bits per heavy atom. The number of aryl methyl sites for hydroxylation is 1. The van der Waals surface area contributed by atoms with Crippen LogP contribution in [0.5, 0.6) is 5.75 Å². The minimum Gasteiger partial charge on any atom is -0.496 e. The molecule has 0 bridgehead atoms. The summed E-state index contributed by atoms with van der Waals surface area (Å²) in [5.41, 5.74) is 2.17. The first-order valence-corrected chi connectivity index (χ1v) is 9.27. The predicted octanol–water partition coefficient (Wildman–Crippen LogP) is 3.77. The number of benzene rings is 1. The molecule has 2 aromatic heterocycles. The van der Waals surface area contributed by atoms with Crippen molar-refractivity contribution in [1.29, 1.82) is 0 Å². The Labute approximate surface area is 148 Å². The number of nitrogens with zero attached hydrogens (tertiary/aromatic N) is 2. The van der Waals surface area contributed by atoms with Gasteiger partial charge in [-0.05, 0) is 18.6 Å². The van der Waals surface area contributed by atoms with Crippen molar-refractivity contribution in [1.82, 2.24) is 15.3 Å². The molecule has 0 fully saturated rings. The molecule has 0 spiro atoms. The minimum atomic E-state index is -0.196. The van der Waals surface area contributed by atoms with Crippen molar-refractivity contribution in [3.05, 3.63) is 51.4 Å². The SMILES string of the molecule is CCc1nc(CNC(=O)c2csc(-c3ccccc3OC)n2)cs1. The van der Waals surface area contributed by atoms with Crippen molar-refractivity contribution in [3.63, 3.8) is 0 Å². The zero-order valence-corrected chi connectivity index (χ0v) is 15.0. The highest BCUT2D eigenvalue weighted by Gasteiger charge is 2.14. The highest BCUT2D eigenvalue weighted by Crippen LogP contribution is 2.31. The third kappa shape index (κ3) is 3.63. The van der Waals surface area contributed by atoms with Crippen LogP contribution in [-0.4, -0.2) is 23.0 Å². The lowest BCUT2D eigenvalue weighted by Gasteiger charge is -2.04. The molecule has 0 aliphatic rings. The minimum absolute atomic E-state index is 0.196. The molecule has 1 amide bonds. The summed E-state index contributed by atoms with van der Waals surface area (Å²) in [4.78, 5) is 21.1. The highest BCUT2D eigenvalue weighted by molar-refractivity contribution is 7.13. The fraction of sp³-hybridized carbons (Fsp3) is 0.235. The number of nitrogens with one attached hydrogen (secondary N) is 1. The number of thiazole rings is 2. The summed E-state index contributed by atoms with van der Waals surface area (Å²) in [6.07, 6.45) is 0.910. The van der Waals surface area contributed by atoms with E-state index in [2.05, 4.69) is 22.2 Å². The van der Waals surface area contributed by atoms with Crippen LogP contribution in [0.2, 0.25) is 0 Å². The molecule has 0 atom stereocenters. The molecule has 7 heteroatoms. The molecule has 0 saturated carbocycles. The van der Waals surface area contributed by atoms with Crippen LogP contribution < -0.4 is 10.1 Å². The smallest absolute Gasteiger partial charge is 0.271 e. The van der Waals surface area contributed by atoms with Gasteiger partial charge in [0.2, 0.25) is 0 Å². The molecule has 0 radical (unpaired) electrons. The zero-order chi connectivity index (χ0) is 16.9. The molecule has 24 heavy (non-hydrogen) atoms. The number of aromatic nitrogens is 2. The first kappa shape index (κ1) is 16.6. The standard InChI is InChI=1S/C17H17N3O2S2/c1-3-15-19-11(9-23-15)8-18-16(21)13-10-24-17(20-13)12-6-4-5-7-14(12)22-2/h4-7,9-10H,3,8H2,1-2H3,(H,18,21). The van der Waals surface area contributed by atoms with E-state index >= 15 is 0 Å². The average Bonchev–Trinajstić information content (AvgIpc) is 3.29. The second kappa shape index (κ2) is 7.55. The average molecular weight is 359 g/mol. The first-order valence-electron chi connectivity index (χ1n) is 7.51. The van der Waals surface area contributed by atoms with Crippen molar-refractivity contribution in [2.24, 2.45) is 0 Å². The number of methoxy groups -OCH3 is 1. The van der Waals surface area contributed by atoms with E-state index in [1.807, 2.05) is 29.6 Å². The van der Waals surface area contributed by atoms with Crippen LogP contribution in [0.1, 0.15) is 28.1 Å². The Morgan fingerprint density at radius 3 is 2.79 bits per heavy atom. The Bertz CT molecular complexity index is 842. The zero-order valence-electron chi connectivity index (χ0n) is 13.4. The summed E-state index contributed by atoms with van der Waals surface area (Å²) in [7, 11) is 1.62. The number of hydrogen-bond acceptors (Lipinski definition) is 6. The van der Waals surface area contributed by atoms with Gasteiger partial charge >= 0.3 is 0 Å². The number of ether oxygens (including phenoxy) is 1. The molecule has 124 valence electrons. The summed E-state index contributed by atoms with van der Waals surface area (Å²) < 4.78 is 5.35. The first-order chi connectivity index (χ1) is 11.7. The summed E-state index contributed by atoms with van der Waals surface area (Å²) in [6, 6.07) is 7.64. The maximum Gasteiger partial charge on any atom is 0.271 e. The van der Waals surface area contributed by atoms with Crippen molar-refractivity contribution in [2.45, 2.75) is 19.9 Å². The van der Waals surface area contributed by atoms with Gasteiger partial charge in [0.25, 0.3) is 5.91 Å². The third-order valence-corrected chi connectivity index (χ3v) is 5.32. The maximum absolute atomic E-state index is 12.3. The highest BCUT2D eigenvalue weighted by atomic mass is 32.1. The Morgan fingerprint density at radius 1 is 1.21 bits per heavy atom. The van der Waals surface area contributed by atoms with Crippen molar-refractivity contribution < 1.29 is 9.53 Å². The molecule has 3 aromatic rings. The van der Waals surface area contributed by atoms with Gasteiger partial charge in [-0.2, -0.15) is 0 Å². The molecule has 0 unspecified atom stereocenters. The van der Waals surface area contributed by atoms with Gasteiger partial charge in [-0.25, -0.2) is 9.97 Å². The van der Waals surface area contributed by atoms with Crippen LogP contribution in [0.3, 0.4) is 0 Å². The maximum atomic E-state index is 12.3. The van der Waals surface area contributed by atoms with Gasteiger partial charge in [0, 0.05) is 10.8 Å². The second-order valence-electron chi connectivity index (χ2n) is 5.01. The third-order valence-electron chi connectivity index (χ3n) is 3.41. The fourth-order valence-electron chi connectivity index (χ4n) is 2.18. The van der Waals surface area contributed by atoms with Crippen LogP contribution in [-0.2, 0) is 13.0 Å². The molecule has 0 aliphatic heterocycles. The second-order valence-corrected chi connectivity index (χ2v) is 6.81. The van der Waals surface area contributed by atoms with E-state index in [1.165, 1.54) is 11.3 Å². The van der Waals surface area contributed by atoms with E-state index in [9.17, 15) is 4.79 Å². The van der Waals surface area contributed by atoms with E-state index < -0.39 is 0 Å². The summed E-state index contributed by atoms with van der Waals surface area (Å²) in [5, 5.41) is 8.44. The molecule has 3 rings (SSSR count). The number of hydrogen-bond donors (Lipinski definition) is 1. The summed E-state index contributed by atoms with van der Waals surface area (Å²) >= 11 is 3.04. The lowest BCUT2D eigenvalue weighted by Crippen LogP contribution is -2.23. The Hall–Kier alpha value is -2.25. The molecular weight excluding hydrogens is 342 g/mol. The van der Waals surface area contributed by atoms with Crippen LogP contribution in [0, 0.1) is 0 Å². The van der Waals surface area contributed by atoms with Gasteiger partial charge < -0.3 is 10.1 Å². The van der Waals surface area contributed by atoms with Gasteiger partial charge in [-0.1, -0.05) is 19.1 Å². The van der Waals surface area contributed by atoms with Crippen LogP contribution >= 0.6 is 22.7 Å². The largest absolute Gasteiger partial charge is 0.496 e. The van der Waals surface area contributed by atoms with Crippen molar-refractivity contribution in [3.8, 4) is 16.3 Å². The molecule has 0 aliphatic carbocycles. The predicted molar refractivity (Wildman–Crippen MR) is 96.8 cm³/mol. The number of carbonyl (C=O) groups excluding carboxylic acids is 1. The summed E-state index contributed by atoms with van der Waals surface area (Å²) in [5.74, 6) is 0.548. The van der Waals surface area contributed by atoms with Crippen LogP contribution in [0.25, 0.3) is 10.6 Å². The van der Waals surface area contributed by atoms with Gasteiger partial charge in [0.15, 0.2) is 0 Å². The van der Waals surface area contributed by atoms with E-state index in [-0.39, 0.29) is 5.91 Å². The van der Waals surface area contributed by atoms with Crippen molar-refractivity contribution in [2.75, 3.05) is 7.11 Å². The molecule has 1 aromatic carbocycles. The Balaban J connectivity index is 1.69. The normalized spacial score (nSPS) is 10.6. The van der Waals surface area contributed by atoms with Gasteiger partial charge in [-0.15, -0.1) is 22.7 Å². The summed E-state index contributed by atoms with van der Waals surface area (Å²) in [6.45, 7) is 2.48. The van der Waals surface area contributed by atoms with E-state index in [4.69, 9.17) is 4.74 Å². The molecule has 5 nitrogen and oxygen atoms in total. The monoisotopic (exact) mass is 359 g/mol. The molecule has 1 N–H and O–H groups in total. The number of rotatable bonds is 6. The van der Waals surface area contributed by atoms with Crippen LogP contribution in [0.15, 0.2) is 35.0 Å². The van der Waals surface area contributed by atoms with E-state index in [0.29, 0.717) is 12.2 Å². The lowest BCUT2D eigenvalue weighted by atomic mass is 10.2. The van der Waals surface area contributed by atoms with E-state index in [1.54, 1.807) is 23.8 Å². The number of carbonyl (C=O) groups is 1. The quantitative estimate of drug-likeness (QED) is 0.728. The molecule has 0 saturated heterocycles. The van der Waals surface area contributed by atoms with Gasteiger partial charge in [-0.3, -0.25) is 4.79 Å². The topological polar surface area (TPSA) is 64.1 Å². The fourth-order valence-corrected chi connectivity index (χ4v) is 3.75. The van der Waals surface area contributed by atoms with Crippen molar-refractivity contribution >= 4 is 28.6 Å². The number of amides is 1. The number of para-hydroxylation sites is 1. The van der Waals surface area contributed by atoms with Crippen LogP contribution in [0.4, 0.5) is 0 Å². The van der Waals surface area contributed by atoms with E-state index in [0.717, 1.165) is 33.4 Å². The molecule has 2 heterocycles. The van der Waals surface area contributed by atoms with Gasteiger partial charge in [0.05, 0.1) is 29.9 Å². The van der Waals surface area contributed by atoms with Gasteiger partial charge in [0.1, 0.15) is 16.5 Å². The molecular formula is C17H17N3O2S2. The Kier molecular flexibility index (Phi) is 5.22. The lowest BCUT2D eigenvalue weighted by molar-refractivity contribution is 0.0946.